The van der Waals surface area contributed by atoms with Crippen LogP contribution in [0.1, 0.15) is 72.0 Å². The maximum absolute atomic E-state index is 4.78. The molecule has 3 heteroatoms. The van der Waals surface area contributed by atoms with E-state index < -0.39 is 0 Å². The first-order chi connectivity index (χ1) is 9.60. The van der Waals surface area contributed by atoms with E-state index in [0.717, 1.165) is 31.7 Å². The van der Waals surface area contributed by atoms with E-state index >= 15 is 0 Å². The van der Waals surface area contributed by atoms with Crippen LogP contribution in [0.4, 0.5) is 0 Å². The molecule has 0 amide bonds. The summed E-state index contributed by atoms with van der Waals surface area (Å²) >= 11 is 0. The van der Waals surface area contributed by atoms with Crippen LogP contribution < -0.4 is 5.32 Å². The third kappa shape index (κ3) is 5.66. The van der Waals surface area contributed by atoms with Crippen LogP contribution >= 0.6 is 0 Å². The Morgan fingerprint density at radius 1 is 1.20 bits per heavy atom. The molecule has 0 aliphatic carbocycles. The van der Waals surface area contributed by atoms with Gasteiger partial charge in [-0.2, -0.15) is 5.10 Å². The lowest BCUT2D eigenvalue weighted by atomic mass is 10.00. The molecule has 1 unspecified atom stereocenters. The zero-order valence-electron chi connectivity index (χ0n) is 14.0. The second kappa shape index (κ2) is 9.17. The van der Waals surface area contributed by atoms with Gasteiger partial charge in [0.05, 0.1) is 11.7 Å². The summed E-state index contributed by atoms with van der Waals surface area (Å²) in [7, 11) is 0. The first-order valence-corrected chi connectivity index (χ1v) is 8.38. The molecule has 0 aliphatic rings. The molecule has 0 saturated carbocycles. The minimum atomic E-state index is 0.552. The monoisotopic (exact) mass is 279 g/mol. The molecule has 0 saturated heterocycles. The van der Waals surface area contributed by atoms with E-state index in [0.29, 0.717) is 12.1 Å². The van der Waals surface area contributed by atoms with Crippen molar-refractivity contribution in [1.82, 2.24) is 15.1 Å². The van der Waals surface area contributed by atoms with Crippen molar-refractivity contribution < 1.29 is 0 Å². The van der Waals surface area contributed by atoms with Crippen LogP contribution in [0.15, 0.2) is 12.3 Å². The van der Waals surface area contributed by atoms with E-state index in [1.165, 1.54) is 18.5 Å². The highest BCUT2D eigenvalue weighted by atomic mass is 15.3. The van der Waals surface area contributed by atoms with Gasteiger partial charge in [0, 0.05) is 18.7 Å². The minimum Gasteiger partial charge on any atom is -0.314 e. The van der Waals surface area contributed by atoms with E-state index in [4.69, 9.17) is 5.10 Å². The van der Waals surface area contributed by atoms with E-state index in [2.05, 4.69) is 56.9 Å². The highest BCUT2D eigenvalue weighted by Crippen LogP contribution is 2.16. The van der Waals surface area contributed by atoms with Crippen molar-refractivity contribution in [1.29, 1.82) is 0 Å². The quantitative estimate of drug-likeness (QED) is 0.695. The molecule has 1 N–H and O–H groups in total. The van der Waals surface area contributed by atoms with Gasteiger partial charge in [-0.3, -0.25) is 4.68 Å². The van der Waals surface area contributed by atoms with Gasteiger partial charge in [-0.1, -0.05) is 34.6 Å². The van der Waals surface area contributed by atoms with Gasteiger partial charge >= 0.3 is 0 Å². The van der Waals surface area contributed by atoms with E-state index in [-0.39, 0.29) is 0 Å². The number of hydrogen-bond donors (Lipinski definition) is 1. The summed E-state index contributed by atoms with van der Waals surface area (Å²) in [5, 5.41) is 8.45. The molecule has 1 atom stereocenters. The van der Waals surface area contributed by atoms with Crippen LogP contribution in [0.3, 0.4) is 0 Å². The zero-order valence-corrected chi connectivity index (χ0v) is 14.0. The van der Waals surface area contributed by atoms with Gasteiger partial charge < -0.3 is 5.32 Å². The molecule has 1 aromatic heterocycles. The Morgan fingerprint density at radius 2 is 1.90 bits per heavy atom. The van der Waals surface area contributed by atoms with Gasteiger partial charge in [-0.25, -0.2) is 0 Å². The molecule has 20 heavy (non-hydrogen) atoms. The Labute approximate surface area is 125 Å². The number of nitrogens with zero attached hydrogens (tertiary/aromatic N) is 2. The van der Waals surface area contributed by atoms with Gasteiger partial charge in [0.15, 0.2) is 0 Å². The summed E-state index contributed by atoms with van der Waals surface area (Å²) in [5.74, 6) is 0.727. The molecular formula is C17H33N3. The number of aromatic nitrogens is 2. The summed E-state index contributed by atoms with van der Waals surface area (Å²) in [6.45, 7) is 12.4. The van der Waals surface area contributed by atoms with Crippen LogP contribution in [0.5, 0.6) is 0 Å². The third-order valence-electron chi connectivity index (χ3n) is 3.87. The third-order valence-corrected chi connectivity index (χ3v) is 3.87. The first-order valence-electron chi connectivity index (χ1n) is 8.38. The molecule has 0 fully saturated rings. The van der Waals surface area contributed by atoms with Gasteiger partial charge in [-0.05, 0) is 44.2 Å². The van der Waals surface area contributed by atoms with Crippen molar-refractivity contribution >= 4 is 0 Å². The van der Waals surface area contributed by atoms with E-state index in [1.54, 1.807) is 0 Å². The fourth-order valence-corrected chi connectivity index (χ4v) is 2.76. The van der Waals surface area contributed by atoms with E-state index in [9.17, 15) is 0 Å². The summed E-state index contributed by atoms with van der Waals surface area (Å²) < 4.78 is 2.15. The van der Waals surface area contributed by atoms with Crippen molar-refractivity contribution in [3.05, 3.63) is 18.0 Å². The fourth-order valence-electron chi connectivity index (χ4n) is 2.76. The standard InChI is InChI=1S/C17H33N3/c1-6-10-18-16(12-14(4)5)13-15-9-11-20(19-15)17(7-2)8-3/h9,11,14,16-18H,6-8,10,12-13H2,1-5H3. The lowest BCUT2D eigenvalue weighted by Gasteiger charge is -2.19. The molecule has 1 aromatic rings. The largest absolute Gasteiger partial charge is 0.314 e. The van der Waals surface area contributed by atoms with Gasteiger partial charge in [-0.15, -0.1) is 0 Å². The predicted molar refractivity (Wildman–Crippen MR) is 87.1 cm³/mol. The Morgan fingerprint density at radius 3 is 2.45 bits per heavy atom. The van der Waals surface area contributed by atoms with E-state index in [1.807, 2.05) is 0 Å². The Bertz CT molecular complexity index is 353. The summed E-state index contributed by atoms with van der Waals surface area (Å²) in [5.41, 5.74) is 1.23. The zero-order chi connectivity index (χ0) is 15.0. The average molecular weight is 279 g/mol. The minimum absolute atomic E-state index is 0.552. The molecule has 3 nitrogen and oxygen atoms in total. The topological polar surface area (TPSA) is 29.9 Å². The first kappa shape index (κ1) is 17.2. The molecular weight excluding hydrogens is 246 g/mol. The number of rotatable bonds is 10. The van der Waals surface area contributed by atoms with Crippen molar-refractivity contribution in [2.75, 3.05) is 6.54 Å². The van der Waals surface area contributed by atoms with Crippen LogP contribution in [0, 0.1) is 5.92 Å². The Balaban J connectivity index is 2.63. The molecule has 0 aliphatic heterocycles. The van der Waals surface area contributed by atoms with Crippen molar-refractivity contribution in [2.45, 2.75) is 78.8 Å². The SMILES string of the molecule is CCCNC(Cc1ccn(C(CC)CC)n1)CC(C)C. The summed E-state index contributed by atoms with van der Waals surface area (Å²) in [6, 6.07) is 3.30. The second-order valence-corrected chi connectivity index (χ2v) is 6.24. The van der Waals surface area contributed by atoms with Crippen LogP contribution in [0.25, 0.3) is 0 Å². The maximum atomic E-state index is 4.78. The highest BCUT2D eigenvalue weighted by Gasteiger charge is 2.14. The normalized spacial score (nSPS) is 13.3. The van der Waals surface area contributed by atoms with Crippen molar-refractivity contribution in [3.8, 4) is 0 Å². The molecule has 1 heterocycles. The van der Waals surface area contributed by atoms with Gasteiger partial charge in [0.25, 0.3) is 0 Å². The smallest absolute Gasteiger partial charge is 0.0640 e. The van der Waals surface area contributed by atoms with Crippen LogP contribution in [-0.4, -0.2) is 22.4 Å². The fraction of sp³-hybridized carbons (Fsp3) is 0.824. The highest BCUT2D eigenvalue weighted by molar-refractivity contribution is 5.02. The summed E-state index contributed by atoms with van der Waals surface area (Å²) in [6.07, 6.45) is 7.92. The lowest BCUT2D eigenvalue weighted by molar-refractivity contribution is 0.401. The average Bonchev–Trinajstić information content (AvgIpc) is 2.85. The van der Waals surface area contributed by atoms with Crippen molar-refractivity contribution in [2.24, 2.45) is 5.92 Å². The van der Waals surface area contributed by atoms with Crippen LogP contribution in [-0.2, 0) is 6.42 Å². The molecule has 1 rings (SSSR count). The molecule has 0 aromatic carbocycles. The Hall–Kier alpha value is -0.830. The van der Waals surface area contributed by atoms with Crippen LogP contribution in [0.2, 0.25) is 0 Å². The lowest BCUT2D eigenvalue weighted by Crippen LogP contribution is -2.33. The molecule has 116 valence electrons. The molecule has 0 bridgehead atoms. The van der Waals surface area contributed by atoms with Gasteiger partial charge in [0.2, 0.25) is 0 Å². The predicted octanol–water partition coefficient (Wildman–Crippen LogP) is 4.20. The molecule has 0 spiro atoms. The van der Waals surface area contributed by atoms with Crippen molar-refractivity contribution in [3.63, 3.8) is 0 Å². The van der Waals surface area contributed by atoms with Gasteiger partial charge in [0.1, 0.15) is 0 Å². The Kier molecular flexibility index (Phi) is 7.90. The maximum Gasteiger partial charge on any atom is 0.0640 e. The number of hydrogen-bond acceptors (Lipinski definition) is 2. The summed E-state index contributed by atoms with van der Waals surface area (Å²) in [4.78, 5) is 0. The second-order valence-electron chi connectivity index (χ2n) is 6.24. The number of nitrogens with one attached hydrogen (secondary N) is 1. The molecule has 0 radical (unpaired) electrons.